The zero-order valence-electron chi connectivity index (χ0n) is 7.76. The van der Waals surface area contributed by atoms with Gasteiger partial charge in [-0.15, -0.1) is 0 Å². The number of benzene rings is 1. The summed E-state index contributed by atoms with van der Waals surface area (Å²) in [5.74, 6) is -1.65. The van der Waals surface area contributed by atoms with Crippen molar-refractivity contribution in [1.82, 2.24) is 5.32 Å². The predicted molar refractivity (Wildman–Crippen MR) is 49.7 cm³/mol. The molecule has 0 saturated carbocycles. The van der Waals surface area contributed by atoms with Crippen molar-refractivity contribution in [3.8, 4) is 0 Å². The van der Waals surface area contributed by atoms with E-state index in [1.807, 2.05) is 0 Å². The van der Waals surface area contributed by atoms with Crippen LogP contribution in [-0.2, 0) is 11.3 Å². The topological polar surface area (TPSA) is 33.5 Å². The van der Waals surface area contributed by atoms with Crippen LogP contribution in [0.5, 0.6) is 0 Å². The Morgan fingerprint density at radius 1 is 1.47 bits per heavy atom. The third kappa shape index (κ3) is 3.35. The first-order valence-corrected chi connectivity index (χ1v) is 4.17. The standard InChI is InChI=1S/C10H8F2N2O/c1-13-6-10(15)14-5-7-4-8(11)2-3-9(7)12/h2-4H,5-6H2,(H,14,15). The van der Waals surface area contributed by atoms with Crippen LogP contribution in [0.1, 0.15) is 5.56 Å². The van der Waals surface area contributed by atoms with Gasteiger partial charge < -0.3 is 10.2 Å². The monoisotopic (exact) mass is 210 g/mol. The van der Waals surface area contributed by atoms with Crippen molar-refractivity contribution in [2.45, 2.75) is 6.54 Å². The molecule has 15 heavy (non-hydrogen) atoms. The molecule has 0 aliphatic carbocycles. The predicted octanol–water partition coefficient (Wildman–Crippen LogP) is 1.50. The summed E-state index contributed by atoms with van der Waals surface area (Å²) in [6.07, 6.45) is 0. The van der Waals surface area contributed by atoms with Gasteiger partial charge in [-0.25, -0.2) is 15.4 Å². The lowest BCUT2D eigenvalue weighted by molar-refractivity contribution is -0.119. The van der Waals surface area contributed by atoms with Gasteiger partial charge in [0.2, 0.25) is 0 Å². The highest BCUT2D eigenvalue weighted by Gasteiger charge is 2.07. The third-order valence-electron chi connectivity index (χ3n) is 1.71. The van der Waals surface area contributed by atoms with Crippen LogP contribution in [0.3, 0.4) is 0 Å². The van der Waals surface area contributed by atoms with Gasteiger partial charge in [-0.2, -0.15) is 0 Å². The van der Waals surface area contributed by atoms with Gasteiger partial charge in [-0.05, 0) is 18.2 Å². The molecule has 1 N–H and O–H groups in total. The van der Waals surface area contributed by atoms with Crippen molar-refractivity contribution in [1.29, 1.82) is 0 Å². The molecular formula is C10H8F2N2O. The van der Waals surface area contributed by atoms with E-state index in [0.29, 0.717) is 0 Å². The summed E-state index contributed by atoms with van der Waals surface area (Å²) in [6.45, 7) is 6.00. The Kier molecular flexibility index (Phi) is 3.75. The van der Waals surface area contributed by atoms with Crippen LogP contribution in [0.25, 0.3) is 4.85 Å². The Balaban J connectivity index is 2.61. The van der Waals surface area contributed by atoms with E-state index in [9.17, 15) is 13.6 Å². The van der Waals surface area contributed by atoms with Gasteiger partial charge in [0.25, 0.3) is 12.5 Å². The molecule has 3 nitrogen and oxygen atoms in total. The smallest absolute Gasteiger partial charge is 0.300 e. The number of carbonyl (C=O) groups is 1. The molecule has 0 heterocycles. The molecule has 0 aromatic heterocycles. The van der Waals surface area contributed by atoms with Crippen molar-refractivity contribution < 1.29 is 13.6 Å². The SMILES string of the molecule is [C-]#[N+]CC(=O)NCc1cc(F)ccc1F. The summed E-state index contributed by atoms with van der Waals surface area (Å²) in [6, 6.07) is 3.00. The Hall–Kier alpha value is -1.96. The molecule has 1 amide bonds. The molecule has 5 heteroatoms. The first kappa shape index (κ1) is 11.1. The Morgan fingerprint density at radius 2 is 2.20 bits per heavy atom. The van der Waals surface area contributed by atoms with Crippen molar-refractivity contribution in [2.24, 2.45) is 0 Å². The summed E-state index contributed by atoms with van der Waals surface area (Å²) in [4.78, 5) is 13.7. The maximum atomic E-state index is 13.0. The fourth-order valence-corrected chi connectivity index (χ4v) is 1.00. The molecule has 0 atom stereocenters. The lowest BCUT2D eigenvalue weighted by Crippen LogP contribution is -2.25. The summed E-state index contributed by atoms with van der Waals surface area (Å²) in [7, 11) is 0. The van der Waals surface area contributed by atoms with E-state index < -0.39 is 17.5 Å². The van der Waals surface area contributed by atoms with Gasteiger partial charge in [0.05, 0.1) is 0 Å². The minimum atomic E-state index is -0.584. The summed E-state index contributed by atoms with van der Waals surface area (Å²) >= 11 is 0. The Morgan fingerprint density at radius 3 is 2.87 bits per heavy atom. The molecule has 0 saturated heterocycles. The largest absolute Gasteiger partial charge is 0.345 e. The normalized spacial score (nSPS) is 9.40. The fraction of sp³-hybridized carbons (Fsp3) is 0.200. The number of carbonyl (C=O) groups excluding carboxylic acids is 1. The number of hydrogen-bond donors (Lipinski definition) is 1. The molecule has 1 rings (SSSR count). The third-order valence-corrected chi connectivity index (χ3v) is 1.71. The molecule has 0 spiro atoms. The highest BCUT2D eigenvalue weighted by molar-refractivity contribution is 5.79. The highest BCUT2D eigenvalue weighted by Crippen LogP contribution is 2.08. The summed E-state index contributed by atoms with van der Waals surface area (Å²) in [5, 5.41) is 2.31. The zero-order chi connectivity index (χ0) is 11.3. The molecule has 0 bridgehead atoms. The molecule has 78 valence electrons. The number of nitrogens with one attached hydrogen (secondary N) is 1. The van der Waals surface area contributed by atoms with Crippen molar-refractivity contribution in [3.05, 3.63) is 46.8 Å². The van der Waals surface area contributed by atoms with Gasteiger partial charge >= 0.3 is 0 Å². The number of rotatable bonds is 3. The number of hydrogen-bond acceptors (Lipinski definition) is 1. The molecular weight excluding hydrogens is 202 g/mol. The Labute approximate surface area is 85.5 Å². The molecule has 1 aromatic rings. The van der Waals surface area contributed by atoms with Crippen LogP contribution in [-0.4, -0.2) is 12.5 Å². The maximum Gasteiger partial charge on any atom is 0.300 e. The number of halogens is 2. The van der Waals surface area contributed by atoms with Gasteiger partial charge in [-0.3, -0.25) is 4.79 Å². The minimum Gasteiger partial charge on any atom is -0.345 e. The zero-order valence-corrected chi connectivity index (χ0v) is 7.76. The van der Waals surface area contributed by atoms with E-state index >= 15 is 0 Å². The second-order valence-electron chi connectivity index (χ2n) is 2.83. The van der Waals surface area contributed by atoms with Crippen LogP contribution in [0, 0.1) is 18.2 Å². The molecule has 0 fully saturated rings. The van der Waals surface area contributed by atoms with Gasteiger partial charge in [0.15, 0.2) is 0 Å². The van der Waals surface area contributed by atoms with E-state index in [4.69, 9.17) is 6.57 Å². The second-order valence-corrected chi connectivity index (χ2v) is 2.83. The van der Waals surface area contributed by atoms with E-state index in [-0.39, 0.29) is 18.7 Å². The maximum absolute atomic E-state index is 13.0. The van der Waals surface area contributed by atoms with Gasteiger partial charge in [0, 0.05) is 12.1 Å². The van der Waals surface area contributed by atoms with Crippen LogP contribution >= 0.6 is 0 Å². The van der Waals surface area contributed by atoms with E-state index in [1.165, 1.54) is 0 Å². The fourth-order valence-electron chi connectivity index (χ4n) is 1.00. The van der Waals surface area contributed by atoms with Gasteiger partial charge in [-0.1, -0.05) is 0 Å². The van der Waals surface area contributed by atoms with Crippen LogP contribution in [0.4, 0.5) is 8.78 Å². The molecule has 1 aromatic carbocycles. The van der Waals surface area contributed by atoms with Crippen LogP contribution in [0.15, 0.2) is 18.2 Å². The quantitative estimate of drug-likeness (QED) is 0.753. The minimum absolute atomic E-state index is 0.0633. The van der Waals surface area contributed by atoms with Crippen molar-refractivity contribution in [2.75, 3.05) is 6.54 Å². The van der Waals surface area contributed by atoms with Gasteiger partial charge in [0.1, 0.15) is 11.6 Å². The highest BCUT2D eigenvalue weighted by atomic mass is 19.1. The summed E-state index contributed by atoms with van der Waals surface area (Å²) < 4.78 is 25.7. The summed E-state index contributed by atoms with van der Waals surface area (Å²) in [5.41, 5.74) is 0.0633. The Bertz CT molecular complexity index is 412. The molecule has 0 radical (unpaired) electrons. The molecule has 0 unspecified atom stereocenters. The van der Waals surface area contributed by atoms with Crippen molar-refractivity contribution >= 4 is 5.91 Å². The van der Waals surface area contributed by atoms with Crippen LogP contribution in [0.2, 0.25) is 0 Å². The molecule has 0 aliphatic rings. The number of nitrogens with zero attached hydrogens (tertiary/aromatic N) is 1. The second kappa shape index (κ2) is 5.05. The lowest BCUT2D eigenvalue weighted by atomic mass is 10.2. The average Bonchev–Trinajstić information content (AvgIpc) is 2.20. The number of amides is 1. The first-order chi connectivity index (χ1) is 7.13. The first-order valence-electron chi connectivity index (χ1n) is 4.17. The molecule has 0 aliphatic heterocycles. The van der Waals surface area contributed by atoms with Crippen molar-refractivity contribution in [3.63, 3.8) is 0 Å². The van der Waals surface area contributed by atoms with Crippen LogP contribution < -0.4 is 5.32 Å². The lowest BCUT2D eigenvalue weighted by Gasteiger charge is -2.03. The van der Waals surface area contributed by atoms with E-state index in [0.717, 1.165) is 18.2 Å². The average molecular weight is 210 g/mol. The van der Waals surface area contributed by atoms with E-state index in [1.54, 1.807) is 0 Å². The van der Waals surface area contributed by atoms with E-state index in [2.05, 4.69) is 10.2 Å².